The molecular weight excluding hydrogens is 420 g/mol. The number of Topliss-reactive ketones (excluding diaryl/α,β-unsaturated/α-hetero) is 1. The Bertz CT molecular complexity index is 1390. The van der Waals surface area contributed by atoms with Crippen molar-refractivity contribution in [2.45, 2.75) is 32.6 Å². The van der Waals surface area contributed by atoms with Gasteiger partial charge in [0.2, 0.25) is 5.88 Å². The summed E-state index contributed by atoms with van der Waals surface area (Å²) in [4.78, 5) is 28.9. The molecule has 33 heavy (non-hydrogen) atoms. The number of hydrogen-bond donors (Lipinski definition) is 1. The number of nitro benzene ring substituents is 1. The van der Waals surface area contributed by atoms with Crippen molar-refractivity contribution < 1.29 is 14.5 Å². The van der Waals surface area contributed by atoms with Crippen molar-refractivity contribution in [2.75, 3.05) is 0 Å². The SMILES string of the molecule is CC1(C)CC(=O)C2=C(C1)Oc1ncn(-c3ccccc3)c(=N)c1C2c1cccc([N+](=O)[O-])c1. The van der Waals surface area contributed by atoms with Crippen LogP contribution in [0.3, 0.4) is 0 Å². The normalized spacial score (nSPS) is 18.8. The second-order valence-corrected chi connectivity index (χ2v) is 9.18. The minimum atomic E-state index is -0.677. The highest BCUT2D eigenvalue weighted by Gasteiger charge is 2.43. The molecule has 2 heterocycles. The number of para-hydroxylation sites is 1. The molecule has 1 aliphatic carbocycles. The van der Waals surface area contributed by atoms with E-state index in [9.17, 15) is 14.9 Å². The molecule has 3 aromatic rings. The first kappa shape index (κ1) is 20.8. The summed E-state index contributed by atoms with van der Waals surface area (Å²) in [7, 11) is 0. The summed E-state index contributed by atoms with van der Waals surface area (Å²) >= 11 is 0. The van der Waals surface area contributed by atoms with E-state index in [1.165, 1.54) is 18.5 Å². The number of ketones is 1. The lowest BCUT2D eigenvalue weighted by Crippen LogP contribution is -2.37. The molecule has 1 N–H and O–H groups in total. The van der Waals surface area contributed by atoms with E-state index < -0.39 is 10.8 Å². The van der Waals surface area contributed by atoms with E-state index in [2.05, 4.69) is 4.98 Å². The molecule has 0 bridgehead atoms. The Morgan fingerprint density at radius 3 is 2.64 bits per heavy atom. The number of nitrogens with one attached hydrogen (secondary N) is 1. The number of carbonyl (C=O) groups excluding carboxylic acids is 1. The van der Waals surface area contributed by atoms with Gasteiger partial charge < -0.3 is 4.74 Å². The first-order chi connectivity index (χ1) is 15.7. The predicted octanol–water partition coefficient (Wildman–Crippen LogP) is 4.43. The number of non-ortho nitro benzene ring substituents is 1. The van der Waals surface area contributed by atoms with Crippen molar-refractivity contribution in [1.29, 1.82) is 5.41 Å². The van der Waals surface area contributed by atoms with Crippen LogP contribution in [0.5, 0.6) is 5.88 Å². The van der Waals surface area contributed by atoms with Gasteiger partial charge in [-0.3, -0.25) is 24.9 Å². The number of aromatic nitrogens is 2. The molecule has 166 valence electrons. The lowest BCUT2D eigenvalue weighted by atomic mass is 9.70. The van der Waals surface area contributed by atoms with Crippen molar-refractivity contribution in [3.05, 3.63) is 99.0 Å². The van der Waals surface area contributed by atoms with Crippen LogP contribution in [0.25, 0.3) is 5.69 Å². The molecule has 1 unspecified atom stereocenters. The summed E-state index contributed by atoms with van der Waals surface area (Å²) in [5.74, 6) is 0.0406. The largest absolute Gasteiger partial charge is 0.442 e. The Morgan fingerprint density at radius 1 is 1.15 bits per heavy atom. The molecule has 0 radical (unpaired) electrons. The molecule has 5 rings (SSSR count). The zero-order chi connectivity index (χ0) is 23.3. The molecule has 2 aliphatic rings. The van der Waals surface area contributed by atoms with Gasteiger partial charge in [0.15, 0.2) is 5.78 Å². The molecule has 8 nitrogen and oxygen atoms in total. The van der Waals surface area contributed by atoms with Crippen molar-refractivity contribution in [1.82, 2.24) is 9.55 Å². The van der Waals surface area contributed by atoms with E-state index in [4.69, 9.17) is 10.1 Å². The van der Waals surface area contributed by atoms with Crippen LogP contribution in [-0.4, -0.2) is 20.3 Å². The Kier molecular flexibility index (Phi) is 4.74. The van der Waals surface area contributed by atoms with Gasteiger partial charge in [0.05, 0.1) is 16.4 Å². The Labute approximate surface area is 189 Å². The number of ether oxygens (including phenoxy) is 1. The van der Waals surface area contributed by atoms with Gasteiger partial charge in [-0.1, -0.05) is 44.2 Å². The topological polar surface area (TPSA) is 111 Å². The third-order valence-corrected chi connectivity index (χ3v) is 6.14. The quantitative estimate of drug-likeness (QED) is 0.477. The Morgan fingerprint density at radius 2 is 1.91 bits per heavy atom. The summed E-state index contributed by atoms with van der Waals surface area (Å²) in [6.45, 7) is 4.02. The molecule has 0 saturated heterocycles. The fraction of sp³-hybridized carbons (Fsp3) is 0.240. The number of fused-ring (bicyclic) bond motifs is 1. The van der Waals surface area contributed by atoms with E-state index in [0.29, 0.717) is 35.3 Å². The van der Waals surface area contributed by atoms with Crippen LogP contribution in [0.1, 0.15) is 43.7 Å². The van der Waals surface area contributed by atoms with Crippen molar-refractivity contribution in [2.24, 2.45) is 5.41 Å². The fourth-order valence-corrected chi connectivity index (χ4v) is 4.70. The van der Waals surface area contributed by atoms with Crippen LogP contribution in [0.4, 0.5) is 5.69 Å². The van der Waals surface area contributed by atoms with E-state index in [-0.39, 0.29) is 28.3 Å². The van der Waals surface area contributed by atoms with Gasteiger partial charge in [0.25, 0.3) is 5.69 Å². The summed E-state index contributed by atoms with van der Waals surface area (Å²) in [5.41, 5.74) is 1.96. The van der Waals surface area contributed by atoms with Gasteiger partial charge in [-0.05, 0) is 23.1 Å². The van der Waals surface area contributed by atoms with Crippen molar-refractivity contribution >= 4 is 11.5 Å². The smallest absolute Gasteiger partial charge is 0.269 e. The molecule has 0 saturated carbocycles. The number of allylic oxidation sites excluding steroid dienone is 2. The molecule has 0 amide bonds. The van der Waals surface area contributed by atoms with E-state index in [1.54, 1.807) is 16.7 Å². The molecule has 0 fully saturated rings. The maximum atomic E-state index is 13.4. The lowest BCUT2D eigenvalue weighted by Gasteiger charge is -2.37. The summed E-state index contributed by atoms with van der Waals surface area (Å²) in [5, 5.41) is 20.5. The third-order valence-electron chi connectivity index (χ3n) is 6.14. The maximum Gasteiger partial charge on any atom is 0.269 e. The van der Waals surface area contributed by atoms with Gasteiger partial charge in [-0.15, -0.1) is 0 Å². The highest BCUT2D eigenvalue weighted by molar-refractivity contribution is 6.00. The molecule has 8 heteroatoms. The third kappa shape index (κ3) is 3.53. The first-order valence-corrected chi connectivity index (χ1v) is 10.7. The predicted molar refractivity (Wildman–Crippen MR) is 120 cm³/mol. The monoisotopic (exact) mass is 442 g/mol. The number of rotatable bonds is 3. The van der Waals surface area contributed by atoms with Crippen LogP contribution < -0.4 is 10.2 Å². The van der Waals surface area contributed by atoms with E-state index >= 15 is 0 Å². The summed E-state index contributed by atoms with van der Waals surface area (Å²) in [6.07, 6.45) is 2.41. The number of hydrogen-bond acceptors (Lipinski definition) is 6. The molecular formula is C25H22N4O4. The Hall–Kier alpha value is -4.07. The highest BCUT2D eigenvalue weighted by atomic mass is 16.6. The van der Waals surface area contributed by atoms with Crippen LogP contribution in [-0.2, 0) is 4.79 Å². The van der Waals surface area contributed by atoms with Gasteiger partial charge in [-0.25, -0.2) is 4.98 Å². The van der Waals surface area contributed by atoms with E-state index in [1.807, 2.05) is 44.2 Å². The number of nitro groups is 1. The zero-order valence-corrected chi connectivity index (χ0v) is 18.2. The average molecular weight is 442 g/mol. The second kappa shape index (κ2) is 7.51. The zero-order valence-electron chi connectivity index (χ0n) is 18.2. The molecule has 1 aliphatic heterocycles. The van der Waals surface area contributed by atoms with Crippen LogP contribution >= 0.6 is 0 Å². The Balaban J connectivity index is 1.78. The minimum absolute atomic E-state index is 0.0714. The van der Waals surface area contributed by atoms with Crippen LogP contribution in [0, 0.1) is 20.9 Å². The molecule has 2 aromatic carbocycles. The lowest BCUT2D eigenvalue weighted by molar-refractivity contribution is -0.384. The van der Waals surface area contributed by atoms with Gasteiger partial charge in [-0.2, -0.15) is 0 Å². The molecule has 1 atom stereocenters. The van der Waals surface area contributed by atoms with Crippen molar-refractivity contribution in [3.63, 3.8) is 0 Å². The van der Waals surface area contributed by atoms with Gasteiger partial charge in [0.1, 0.15) is 17.6 Å². The number of nitrogens with zero attached hydrogens (tertiary/aromatic N) is 3. The van der Waals surface area contributed by atoms with Crippen molar-refractivity contribution in [3.8, 4) is 11.6 Å². The first-order valence-electron chi connectivity index (χ1n) is 10.7. The molecule has 0 spiro atoms. The van der Waals surface area contributed by atoms with Crippen LogP contribution in [0.2, 0.25) is 0 Å². The van der Waals surface area contributed by atoms with Gasteiger partial charge >= 0.3 is 0 Å². The minimum Gasteiger partial charge on any atom is -0.442 e. The van der Waals surface area contributed by atoms with E-state index in [0.717, 1.165) is 5.69 Å². The maximum absolute atomic E-state index is 13.4. The number of carbonyl (C=O) groups is 1. The van der Waals surface area contributed by atoms with Gasteiger partial charge in [0, 0.05) is 36.2 Å². The summed E-state index contributed by atoms with van der Waals surface area (Å²) < 4.78 is 7.74. The highest BCUT2D eigenvalue weighted by Crippen LogP contribution is 2.48. The number of benzene rings is 2. The second-order valence-electron chi connectivity index (χ2n) is 9.18. The summed E-state index contributed by atoms with van der Waals surface area (Å²) in [6, 6.07) is 15.6. The fourth-order valence-electron chi connectivity index (χ4n) is 4.70. The molecule has 1 aromatic heterocycles. The average Bonchev–Trinajstić information content (AvgIpc) is 2.78. The van der Waals surface area contributed by atoms with Crippen LogP contribution in [0.15, 0.2) is 72.3 Å². The standard InChI is InChI=1S/C25H22N4O4/c1-25(2)12-18(30)21-19(13-25)33-24-22(20(21)15-7-6-10-17(11-15)29(31)32)23(26)28(14-27-24)16-8-4-3-5-9-16/h3-11,14,20,26H,12-13H2,1-2H3.